The van der Waals surface area contributed by atoms with Gasteiger partial charge in [0.05, 0.1) is 5.02 Å². The molecule has 0 heterocycles. The molecule has 3 rings (SSSR count). The van der Waals surface area contributed by atoms with Gasteiger partial charge in [0.25, 0.3) is 0 Å². The van der Waals surface area contributed by atoms with Crippen LogP contribution in [0, 0.1) is 0 Å². The Morgan fingerprint density at radius 3 is 2.57 bits per heavy atom. The van der Waals surface area contributed by atoms with Gasteiger partial charge in [0.1, 0.15) is 4.90 Å². The van der Waals surface area contributed by atoms with E-state index >= 15 is 0 Å². The van der Waals surface area contributed by atoms with Crippen LogP contribution in [-0.4, -0.2) is 8.42 Å². The predicted molar refractivity (Wildman–Crippen MR) is 83.9 cm³/mol. The number of rotatable bonds is 3. The van der Waals surface area contributed by atoms with Gasteiger partial charge in [-0.2, -0.15) is 0 Å². The van der Waals surface area contributed by atoms with E-state index in [4.69, 9.17) is 11.6 Å². The number of fused-ring (bicyclic) bond motifs is 1. The van der Waals surface area contributed by atoms with Gasteiger partial charge in [0.15, 0.2) is 0 Å². The molecule has 0 spiro atoms. The van der Waals surface area contributed by atoms with Gasteiger partial charge < -0.3 is 0 Å². The lowest BCUT2D eigenvalue weighted by Crippen LogP contribution is -2.31. The first kappa shape index (κ1) is 14.6. The molecule has 3 nitrogen and oxygen atoms in total. The van der Waals surface area contributed by atoms with E-state index in [9.17, 15) is 8.42 Å². The quantitative estimate of drug-likeness (QED) is 0.937. The third kappa shape index (κ3) is 2.98. The molecule has 0 unspecified atom stereocenters. The molecule has 0 aromatic heterocycles. The number of benzene rings is 2. The summed E-state index contributed by atoms with van der Waals surface area (Å²) in [5.41, 5.74) is 2.29. The first-order valence-corrected chi connectivity index (χ1v) is 8.79. The van der Waals surface area contributed by atoms with Crippen molar-refractivity contribution in [3.05, 3.63) is 64.7 Å². The van der Waals surface area contributed by atoms with Crippen molar-refractivity contribution in [2.45, 2.75) is 30.2 Å². The zero-order valence-electron chi connectivity index (χ0n) is 11.4. The second kappa shape index (κ2) is 5.79. The molecule has 21 heavy (non-hydrogen) atoms. The molecule has 1 aliphatic rings. The summed E-state index contributed by atoms with van der Waals surface area (Å²) < 4.78 is 27.9. The monoisotopic (exact) mass is 321 g/mol. The Morgan fingerprint density at radius 2 is 1.76 bits per heavy atom. The van der Waals surface area contributed by atoms with Gasteiger partial charge in [-0.3, -0.25) is 0 Å². The number of sulfonamides is 1. The maximum Gasteiger partial charge on any atom is 0.242 e. The Labute approximate surface area is 130 Å². The predicted octanol–water partition coefficient (Wildman–Crippen LogP) is 3.70. The first-order valence-electron chi connectivity index (χ1n) is 6.92. The van der Waals surface area contributed by atoms with Gasteiger partial charge in [-0.1, -0.05) is 48.0 Å². The number of halogens is 1. The van der Waals surface area contributed by atoms with Crippen molar-refractivity contribution in [3.8, 4) is 0 Å². The van der Waals surface area contributed by atoms with Crippen LogP contribution in [0.25, 0.3) is 0 Å². The molecular weight excluding hydrogens is 306 g/mol. The molecule has 5 heteroatoms. The van der Waals surface area contributed by atoms with Crippen molar-refractivity contribution < 1.29 is 8.42 Å². The molecule has 0 saturated heterocycles. The van der Waals surface area contributed by atoms with Crippen LogP contribution in [-0.2, 0) is 16.4 Å². The summed E-state index contributed by atoms with van der Waals surface area (Å²) >= 11 is 6.01. The summed E-state index contributed by atoms with van der Waals surface area (Å²) in [6.07, 6.45) is 2.79. The van der Waals surface area contributed by atoms with Crippen LogP contribution in [0.1, 0.15) is 30.0 Å². The molecule has 0 amide bonds. The molecule has 0 fully saturated rings. The normalized spacial score (nSPS) is 18.2. The fourth-order valence-corrected chi connectivity index (χ4v) is 4.56. The maximum absolute atomic E-state index is 12.5. The van der Waals surface area contributed by atoms with Crippen molar-refractivity contribution in [2.75, 3.05) is 0 Å². The zero-order valence-corrected chi connectivity index (χ0v) is 13.0. The number of nitrogens with one attached hydrogen (secondary N) is 1. The largest absolute Gasteiger partial charge is 0.242 e. The molecule has 1 aliphatic carbocycles. The fourth-order valence-electron chi connectivity index (χ4n) is 2.79. The van der Waals surface area contributed by atoms with Crippen LogP contribution >= 0.6 is 11.6 Å². The van der Waals surface area contributed by atoms with Crippen LogP contribution < -0.4 is 4.72 Å². The average molecular weight is 322 g/mol. The van der Waals surface area contributed by atoms with Crippen LogP contribution in [0.15, 0.2) is 53.4 Å². The first-order chi connectivity index (χ1) is 10.1. The lowest BCUT2D eigenvalue weighted by atomic mass is 9.88. The second-order valence-electron chi connectivity index (χ2n) is 5.20. The van der Waals surface area contributed by atoms with Crippen molar-refractivity contribution in [3.63, 3.8) is 0 Å². The van der Waals surface area contributed by atoms with Gasteiger partial charge in [-0.25, -0.2) is 13.1 Å². The minimum Gasteiger partial charge on any atom is -0.207 e. The lowest BCUT2D eigenvalue weighted by Gasteiger charge is -2.26. The van der Waals surface area contributed by atoms with Crippen molar-refractivity contribution in [2.24, 2.45) is 0 Å². The van der Waals surface area contributed by atoms with E-state index < -0.39 is 10.0 Å². The Bertz CT molecular complexity index is 758. The highest BCUT2D eigenvalue weighted by atomic mass is 35.5. The second-order valence-corrected chi connectivity index (χ2v) is 7.28. The number of aryl methyl sites for hydroxylation is 1. The van der Waals surface area contributed by atoms with Gasteiger partial charge in [-0.15, -0.1) is 0 Å². The summed E-state index contributed by atoms with van der Waals surface area (Å²) in [7, 11) is -3.62. The van der Waals surface area contributed by atoms with Crippen LogP contribution in [0.2, 0.25) is 5.02 Å². The molecule has 2 aromatic carbocycles. The highest BCUT2D eigenvalue weighted by Crippen LogP contribution is 2.31. The van der Waals surface area contributed by atoms with Gasteiger partial charge in [0.2, 0.25) is 10.0 Å². The summed E-state index contributed by atoms with van der Waals surface area (Å²) in [6, 6.07) is 14.3. The number of hydrogen-bond acceptors (Lipinski definition) is 2. The summed E-state index contributed by atoms with van der Waals surface area (Å²) in [6.45, 7) is 0. The highest BCUT2D eigenvalue weighted by molar-refractivity contribution is 7.89. The summed E-state index contributed by atoms with van der Waals surface area (Å²) in [5.74, 6) is 0. The van der Waals surface area contributed by atoms with E-state index in [1.54, 1.807) is 18.2 Å². The zero-order chi connectivity index (χ0) is 14.9. The molecule has 0 saturated carbocycles. The topological polar surface area (TPSA) is 46.2 Å². The highest BCUT2D eigenvalue weighted by Gasteiger charge is 2.26. The van der Waals surface area contributed by atoms with Crippen LogP contribution in [0.3, 0.4) is 0 Å². The standard InChI is InChI=1S/C16H16ClNO2S/c17-14-9-3-4-11-16(14)21(19,20)18-15-10-5-7-12-6-1-2-8-13(12)15/h1-4,6,8-9,11,15,18H,5,7,10H2/t15-/m1/s1. The van der Waals surface area contributed by atoms with Crippen molar-refractivity contribution >= 4 is 21.6 Å². The van der Waals surface area contributed by atoms with E-state index in [-0.39, 0.29) is 16.0 Å². The summed E-state index contributed by atoms with van der Waals surface area (Å²) in [5, 5.41) is 0.245. The molecule has 0 radical (unpaired) electrons. The lowest BCUT2D eigenvalue weighted by molar-refractivity contribution is 0.507. The summed E-state index contributed by atoms with van der Waals surface area (Å²) in [4.78, 5) is 0.134. The third-order valence-electron chi connectivity index (χ3n) is 3.79. The Kier molecular flexibility index (Phi) is 4.02. The Balaban J connectivity index is 1.93. The average Bonchev–Trinajstić information content (AvgIpc) is 2.47. The molecule has 0 aliphatic heterocycles. The molecular formula is C16H16ClNO2S. The van der Waals surface area contributed by atoms with Crippen molar-refractivity contribution in [1.29, 1.82) is 0 Å². The maximum atomic E-state index is 12.5. The molecule has 2 aromatic rings. The molecule has 1 atom stereocenters. The third-order valence-corrected chi connectivity index (χ3v) is 5.76. The van der Waals surface area contributed by atoms with E-state index in [0.29, 0.717) is 0 Å². The minimum atomic E-state index is -3.62. The molecule has 110 valence electrons. The van der Waals surface area contributed by atoms with E-state index in [2.05, 4.69) is 10.8 Å². The van der Waals surface area contributed by atoms with E-state index in [1.807, 2.05) is 18.2 Å². The Hall–Kier alpha value is -1.36. The van der Waals surface area contributed by atoms with Gasteiger partial charge >= 0.3 is 0 Å². The minimum absolute atomic E-state index is 0.134. The SMILES string of the molecule is O=S(=O)(N[C@@H]1CCCc2ccccc21)c1ccccc1Cl. The van der Waals surface area contributed by atoms with Gasteiger partial charge in [0, 0.05) is 6.04 Å². The van der Waals surface area contributed by atoms with Crippen LogP contribution in [0.4, 0.5) is 0 Å². The molecule has 1 N–H and O–H groups in total. The van der Waals surface area contributed by atoms with Crippen molar-refractivity contribution in [1.82, 2.24) is 4.72 Å². The fraction of sp³-hybridized carbons (Fsp3) is 0.250. The number of hydrogen-bond donors (Lipinski definition) is 1. The van der Waals surface area contributed by atoms with Gasteiger partial charge in [-0.05, 0) is 42.5 Å². The van der Waals surface area contributed by atoms with E-state index in [1.165, 1.54) is 11.6 Å². The van der Waals surface area contributed by atoms with E-state index in [0.717, 1.165) is 24.8 Å². The Morgan fingerprint density at radius 1 is 1.05 bits per heavy atom. The molecule has 0 bridgehead atoms. The smallest absolute Gasteiger partial charge is 0.207 e. The van der Waals surface area contributed by atoms with Crippen LogP contribution in [0.5, 0.6) is 0 Å².